The highest BCUT2D eigenvalue weighted by molar-refractivity contribution is 7.18. The fourth-order valence-electron chi connectivity index (χ4n) is 1.22. The number of rotatable bonds is 2. The minimum absolute atomic E-state index is 0.374. The Balaban J connectivity index is 2.58. The molecule has 0 unspecified atom stereocenters. The molecule has 78 valence electrons. The lowest BCUT2D eigenvalue weighted by atomic mass is 9.97. The SMILES string of the molecule is CC(C)(C(=O)Cl)c1nc2ccccc2s1. The highest BCUT2D eigenvalue weighted by atomic mass is 35.5. The molecule has 0 aliphatic carbocycles. The van der Waals surface area contributed by atoms with E-state index in [0.717, 1.165) is 15.2 Å². The first-order chi connectivity index (χ1) is 7.01. The van der Waals surface area contributed by atoms with E-state index in [0.29, 0.717) is 0 Å². The van der Waals surface area contributed by atoms with Gasteiger partial charge in [-0.15, -0.1) is 11.3 Å². The quantitative estimate of drug-likeness (QED) is 0.753. The zero-order chi connectivity index (χ0) is 11.1. The Morgan fingerprint density at radius 3 is 2.67 bits per heavy atom. The molecule has 4 heteroatoms. The Bertz CT molecular complexity index is 485. The summed E-state index contributed by atoms with van der Waals surface area (Å²) in [6.07, 6.45) is 0. The van der Waals surface area contributed by atoms with Crippen molar-refractivity contribution in [1.82, 2.24) is 4.98 Å². The van der Waals surface area contributed by atoms with Crippen LogP contribution in [0.5, 0.6) is 0 Å². The van der Waals surface area contributed by atoms with Gasteiger partial charge in [-0.05, 0) is 37.6 Å². The number of carbonyl (C=O) groups excluding carboxylic acids is 1. The minimum Gasteiger partial charge on any atom is -0.280 e. The smallest absolute Gasteiger partial charge is 0.234 e. The fourth-order valence-corrected chi connectivity index (χ4v) is 2.43. The summed E-state index contributed by atoms with van der Waals surface area (Å²) < 4.78 is 1.08. The van der Waals surface area contributed by atoms with Crippen LogP contribution in [-0.4, -0.2) is 10.2 Å². The summed E-state index contributed by atoms with van der Waals surface area (Å²) in [5.41, 5.74) is 0.217. The number of carbonyl (C=O) groups is 1. The van der Waals surface area contributed by atoms with Crippen LogP contribution in [0.15, 0.2) is 24.3 Å². The maximum absolute atomic E-state index is 11.3. The molecule has 0 bridgehead atoms. The first kappa shape index (κ1) is 10.6. The summed E-state index contributed by atoms with van der Waals surface area (Å²) in [6.45, 7) is 3.58. The molecule has 0 radical (unpaired) electrons. The van der Waals surface area contributed by atoms with Crippen molar-refractivity contribution in [3.63, 3.8) is 0 Å². The van der Waals surface area contributed by atoms with Gasteiger partial charge in [0.2, 0.25) is 5.24 Å². The van der Waals surface area contributed by atoms with Crippen molar-refractivity contribution in [3.8, 4) is 0 Å². The van der Waals surface area contributed by atoms with Crippen molar-refractivity contribution in [2.24, 2.45) is 0 Å². The van der Waals surface area contributed by atoms with Gasteiger partial charge in [-0.25, -0.2) is 4.98 Å². The molecule has 0 aliphatic rings. The molecule has 1 aromatic carbocycles. The van der Waals surface area contributed by atoms with Crippen LogP contribution >= 0.6 is 22.9 Å². The van der Waals surface area contributed by atoms with Gasteiger partial charge in [0.05, 0.1) is 15.6 Å². The molecular formula is C11H10ClNOS. The van der Waals surface area contributed by atoms with Crippen LogP contribution in [0.2, 0.25) is 0 Å². The van der Waals surface area contributed by atoms with E-state index in [1.165, 1.54) is 11.3 Å². The average Bonchev–Trinajstić information content (AvgIpc) is 2.61. The molecule has 15 heavy (non-hydrogen) atoms. The zero-order valence-corrected chi connectivity index (χ0v) is 10.0. The Morgan fingerprint density at radius 2 is 2.07 bits per heavy atom. The Kier molecular flexibility index (Phi) is 2.52. The van der Waals surface area contributed by atoms with E-state index in [2.05, 4.69) is 4.98 Å². The van der Waals surface area contributed by atoms with Gasteiger partial charge in [-0.1, -0.05) is 12.1 Å². The predicted molar refractivity (Wildman–Crippen MR) is 63.5 cm³/mol. The Hall–Kier alpha value is -0.930. The lowest BCUT2D eigenvalue weighted by Gasteiger charge is -2.15. The first-order valence-electron chi connectivity index (χ1n) is 4.58. The number of hydrogen-bond donors (Lipinski definition) is 0. The van der Waals surface area contributed by atoms with E-state index in [1.807, 2.05) is 24.3 Å². The van der Waals surface area contributed by atoms with Crippen LogP contribution in [0.1, 0.15) is 18.9 Å². The summed E-state index contributed by atoms with van der Waals surface area (Å²) >= 11 is 7.08. The van der Waals surface area contributed by atoms with Gasteiger partial charge < -0.3 is 0 Å². The lowest BCUT2D eigenvalue weighted by molar-refractivity contribution is -0.115. The second kappa shape index (κ2) is 3.58. The highest BCUT2D eigenvalue weighted by Crippen LogP contribution is 2.32. The van der Waals surface area contributed by atoms with Crippen molar-refractivity contribution in [1.29, 1.82) is 0 Å². The Labute approximate surface area is 96.9 Å². The molecule has 0 saturated heterocycles. The molecule has 0 N–H and O–H groups in total. The number of hydrogen-bond acceptors (Lipinski definition) is 3. The van der Waals surface area contributed by atoms with Crippen molar-refractivity contribution >= 4 is 38.4 Å². The van der Waals surface area contributed by atoms with Crippen LogP contribution in [-0.2, 0) is 10.2 Å². The average molecular weight is 240 g/mol. The third-order valence-electron chi connectivity index (χ3n) is 2.32. The standard InChI is InChI=1S/C11H10ClNOS/c1-11(2,9(12)14)10-13-7-5-3-4-6-8(7)15-10/h3-6H,1-2H3. The molecule has 0 saturated carbocycles. The van der Waals surface area contributed by atoms with E-state index in [9.17, 15) is 4.79 Å². The van der Waals surface area contributed by atoms with E-state index < -0.39 is 5.41 Å². The fraction of sp³-hybridized carbons (Fsp3) is 0.273. The van der Waals surface area contributed by atoms with Gasteiger partial charge in [-0.3, -0.25) is 4.79 Å². The summed E-state index contributed by atoms with van der Waals surface area (Å²) in [4.78, 5) is 15.7. The number of benzene rings is 1. The predicted octanol–water partition coefficient (Wildman–Crippen LogP) is 3.34. The van der Waals surface area contributed by atoms with Gasteiger partial charge in [0.15, 0.2) is 0 Å². The molecule has 0 spiro atoms. The normalized spacial score (nSPS) is 11.9. The largest absolute Gasteiger partial charge is 0.280 e. The molecule has 0 aliphatic heterocycles. The molecule has 1 aromatic heterocycles. The zero-order valence-electron chi connectivity index (χ0n) is 8.45. The second-order valence-corrected chi connectivity index (χ2v) is 5.26. The van der Waals surface area contributed by atoms with Crippen molar-refractivity contribution in [2.75, 3.05) is 0 Å². The minimum atomic E-state index is -0.703. The van der Waals surface area contributed by atoms with Gasteiger partial charge in [-0.2, -0.15) is 0 Å². The molecule has 2 aromatic rings. The van der Waals surface area contributed by atoms with Crippen molar-refractivity contribution < 1.29 is 4.79 Å². The number of thiazole rings is 1. The molecular weight excluding hydrogens is 230 g/mol. The Morgan fingerprint density at radius 1 is 1.40 bits per heavy atom. The highest BCUT2D eigenvalue weighted by Gasteiger charge is 2.31. The lowest BCUT2D eigenvalue weighted by Crippen LogP contribution is -2.24. The van der Waals surface area contributed by atoms with Crippen LogP contribution in [0.3, 0.4) is 0 Å². The topological polar surface area (TPSA) is 30.0 Å². The molecule has 0 amide bonds. The van der Waals surface area contributed by atoms with E-state index in [-0.39, 0.29) is 5.24 Å². The van der Waals surface area contributed by atoms with Crippen LogP contribution in [0.4, 0.5) is 0 Å². The van der Waals surface area contributed by atoms with Gasteiger partial charge in [0.1, 0.15) is 5.01 Å². The van der Waals surface area contributed by atoms with Gasteiger partial charge in [0.25, 0.3) is 0 Å². The number of para-hydroxylation sites is 1. The summed E-state index contributed by atoms with van der Waals surface area (Å²) in [6, 6.07) is 7.82. The van der Waals surface area contributed by atoms with Crippen molar-refractivity contribution in [2.45, 2.75) is 19.3 Å². The number of halogens is 1. The van der Waals surface area contributed by atoms with E-state index in [1.54, 1.807) is 13.8 Å². The molecule has 2 nitrogen and oxygen atoms in total. The maximum atomic E-state index is 11.3. The molecule has 0 atom stereocenters. The molecule has 1 heterocycles. The summed E-state index contributed by atoms with van der Waals surface area (Å²) in [5, 5.41) is 0.394. The number of fused-ring (bicyclic) bond motifs is 1. The maximum Gasteiger partial charge on any atom is 0.234 e. The third-order valence-corrected chi connectivity index (χ3v) is 4.15. The second-order valence-electron chi connectivity index (χ2n) is 3.89. The van der Waals surface area contributed by atoms with E-state index >= 15 is 0 Å². The molecule has 2 rings (SSSR count). The van der Waals surface area contributed by atoms with Crippen LogP contribution in [0.25, 0.3) is 10.2 Å². The number of aromatic nitrogens is 1. The third kappa shape index (κ3) is 1.77. The summed E-state index contributed by atoms with van der Waals surface area (Å²) in [7, 11) is 0. The monoisotopic (exact) mass is 239 g/mol. The first-order valence-corrected chi connectivity index (χ1v) is 5.77. The van der Waals surface area contributed by atoms with E-state index in [4.69, 9.17) is 11.6 Å². The van der Waals surface area contributed by atoms with Gasteiger partial charge in [0, 0.05) is 0 Å². The van der Waals surface area contributed by atoms with Gasteiger partial charge >= 0.3 is 0 Å². The van der Waals surface area contributed by atoms with Crippen molar-refractivity contribution in [3.05, 3.63) is 29.3 Å². The van der Waals surface area contributed by atoms with Crippen LogP contribution in [0, 0.1) is 0 Å². The number of nitrogens with zero attached hydrogens (tertiary/aromatic N) is 1. The van der Waals surface area contributed by atoms with Crippen LogP contribution < -0.4 is 0 Å². The summed E-state index contributed by atoms with van der Waals surface area (Å²) in [5.74, 6) is 0. The molecule has 0 fully saturated rings.